The van der Waals surface area contributed by atoms with Gasteiger partial charge < -0.3 is 15.2 Å². The Morgan fingerprint density at radius 1 is 1.48 bits per heavy atom. The van der Waals surface area contributed by atoms with Crippen molar-refractivity contribution in [1.82, 2.24) is 4.98 Å². The van der Waals surface area contributed by atoms with E-state index in [0.717, 1.165) is 23.5 Å². The average molecular weight is 306 g/mol. The predicted octanol–water partition coefficient (Wildman–Crippen LogP) is 3.20. The summed E-state index contributed by atoms with van der Waals surface area (Å²) in [6.45, 7) is 4.86. The van der Waals surface area contributed by atoms with Crippen LogP contribution in [0.4, 0.5) is 5.13 Å². The van der Waals surface area contributed by atoms with Crippen LogP contribution in [0.15, 0.2) is 24.3 Å². The number of nitrogens with one attached hydrogen (secondary N) is 1. The zero-order valence-corrected chi connectivity index (χ0v) is 12.9. The zero-order chi connectivity index (χ0) is 15.2. The molecule has 112 valence electrons. The topological polar surface area (TPSA) is 71.5 Å². The third-order valence-corrected chi connectivity index (χ3v) is 4.05. The van der Waals surface area contributed by atoms with Gasteiger partial charge in [-0.3, -0.25) is 0 Å². The Bertz CT molecular complexity index is 625. The van der Waals surface area contributed by atoms with Crippen LogP contribution in [-0.4, -0.2) is 29.2 Å². The standard InChI is InChI=1S/C15H18N2O3S/c1-3-11-5-4-6-12(9-11)20-8-7-16-15-17-10(2)13(21-15)14(18)19/h4-6,9H,3,7-8H2,1-2H3,(H,16,17)(H,18,19). The predicted molar refractivity (Wildman–Crippen MR) is 83.6 cm³/mol. The van der Waals surface area contributed by atoms with E-state index in [1.54, 1.807) is 6.92 Å². The molecule has 0 bridgehead atoms. The maximum atomic E-state index is 10.9. The summed E-state index contributed by atoms with van der Waals surface area (Å²) in [6, 6.07) is 7.99. The fourth-order valence-electron chi connectivity index (χ4n) is 1.85. The maximum absolute atomic E-state index is 10.9. The van der Waals surface area contributed by atoms with Crippen LogP contribution in [0, 0.1) is 6.92 Å². The molecule has 0 saturated carbocycles. The number of nitrogens with zero attached hydrogens (tertiary/aromatic N) is 1. The highest BCUT2D eigenvalue weighted by Gasteiger charge is 2.13. The molecule has 0 spiro atoms. The van der Waals surface area contributed by atoms with E-state index in [0.29, 0.717) is 24.0 Å². The minimum atomic E-state index is -0.939. The van der Waals surface area contributed by atoms with Gasteiger partial charge in [-0.15, -0.1) is 0 Å². The molecule has 1 heterocycles. The van der Waals surface area contributed by atoms with Gasteiger partial charge in [0.2, 0.25) is 0 Å². The van der Waals surface area contributed by atoms with E-state index in [2.05, 4.69) is 23.3 Å². The summed E-state index contributed by atoms with van der Waals surface area (Å²) in [5, 5.41) is 12.7. The van der Waals surface area contributed by atoms with E-state index in [1.165, 1.54) is 5.56 Å². The molecule has 0 aliphatic carbocycles. The molecular weight excluding hydrogens is 288 g/mol. The first-order chi connectivity index (χ1) is 10.1. The number of carboxylic acid groups (broad SMARTS) is 1. The van der Waals surface area contributed by atoms with Gasteiger partial charge in [0.05, 0.1) is 12.2 Å². The largest absolute Gasteiger partial charge is 0.492 e. The van der Waals surface area contributed by atoms with Gasteiger partial charge in [-0.1, -0.05) is 30.4 Å². The van der Waals surface area contributed by atoms with Crippen LogP contribution in [0.1, 0.15) is 27.9 Å². The molecule has 0 aliphatic rings. The molecule has 1 aromatic carbocycles. The number of thiazole rings is 1. The molecule has 2 aromatic rings. The van der Waals surface area contributed by atoms with Crippen molar-refractivity contribution in [1.29, 1.82) is 0 Å². The van der Waals surface area contributed by atoms with Crippen molar-refractivity contribution < 1.29 is 14.6 Å². The van der Waals surface area contributed by atoms with Crippen molar-refractivity contribution in [3.63, 3.8) is 0 Å². The molecule has 1 aromatic heterocycles. The number of carbonyl (C=O) groups is 1. The van der Waals surface area contributed by atoms with Crippen molar-refractivity contribution in [3.8, 4) is 5.75 Å². The second-order valence-electron chi connectivity index (χ2n) is 4.51. The van der Waals surface area contributed by atoms with E-state index in [9.17, 15) is 4.79 Å². The molecule has 0 unspecified atom stereocenters. The van der Waals surface area contributed by atoms with E-state index in [4.69, 9.17) is 9.84 Å². The molecule has 5 nitrogen and oxygen atoms in total. The van der Waals surface area contributed by atoms with Crippen LogP contribution in [0.3, 0.4) is 0 Å². The number of aryl methyl sites for hydroxylation is 2. The van der Waals surface area contributed by atoms with Crippen LogP contribution in [0.2, 0.25) is 0 Å². The number of hydrogen-bond donors (Lipinski definition) is 2. The van der Waals surface area contributed by atoms with Gasteiger partial charge in [-0.2, -0.15) is 0 Å². The van der Waals surface area contributed by atoms with Gasteiger partial charge in [-0.25, -0.2) is 9.78 Å². The maximum Gasteiger partial charge on any atom is 0.347 e. The third-order valence-electron chi connectivity index (χ3n) is 2.94. The van der Waals surface area contributed by atoms with Gasteiger partial charge in [0.1, 0.15) is 17.2 Å². The van der Waals surface area contributed by atoms with E-state index in [1.807, 2.05) is 18.2 Å². The number of carboxylic acids is 1. The molecule has 0 atom stereocenters. The summed E-state index contributed by atoms with van der Waals surface area (Å²) in [5.74, 6) is -0.0941. The first-order valence-electron chi connectivity index (χ1n) is 6.76. The number of rotatable bonds is 7. The molecular formula is C15H18N2O3S. The Morgan fingerprint density at radius 2 is 2.29 bits per heavy atom. The van der Waals surface area contributed by atoms with Crippen molar-refractivity contribution in [2.45, 2.75) is 20.3 Å². The monoisotopic (exact) mass is 306 g/mol. The molecule has 2 rings (SSSR count). The van der Waals surface area contributed by atoms with Crippen LogP contribution in [0.5, 0.6) is 5.75 Å². The third kappa shape index (κ3) is 4.19. The lowest BCUT2D eigenvalue weighted by atomic mass is 10.2. The molecule has 0 fully saturated rings. The summed E-state index contributed by atoms with van der Waals surface area (Å²) >= 11 is 1.14. The average Bonchev–Trinajstić information content (AvgIpc) is 2.85. The van der Waals surface area contributed by atoms with Gasteiger partial charge in [0.25, 0.3) is 0 Å². The van der Waals surface area contributed by atoms with Gasteiger partial charge in [0, 0.05) is 0 Å². The van der Waals surface area contributed by atoms with Crippen molar-refractivity contribution >= 4 is 22.4 Å². The Kier molecular flexibility index (Phi) is 5.16. The lowest BCUT2D eigenvalue weighted by Crippen LogP contribution is -2.11. The van der Waals surface area contributed by atoms with Crippen LogP contribution in [-0.2, 0) is 6.42 Å². The normalized spacial score (nSPS) is 10.4. The highest BCUT2D eigenvalue weighted by atomic mass is 32.1. The van der Waals surface area contributed by atoms with Crippen molar-refractivity contribution in [2.24, 2.45) is 0 Å². The summed E-state index contributed by atoms with van der Waals surface area (Å²) < 4.78 is 5.65. The van der Waals surface area contributed by atoms with Crippen LogP contribution < -0.4 is 10.1 Å². The summed E-state index contributed by atoms with van der Waals surface area (Å²) in [4.78, 5) is 15.4. The van der Waals surface area contributed by atoms with Crippen molar-refractivity contribution in [2.75, 3.05) is 18.5 Å². The number of hydrogen-bond acceptors (Lipinski definition) is 5. The number of ether oxygens (including phenoxy) is 1. The Balaban J connectivity index is 1.81. The molecule has 21 heavy (non-hydrogen) atoms. The Morgan fingerprint density at radius 3 is 2.95 bits per heavy atom. The van der Waals surface area contributed by atoms with Crippen LogP contribution >= 0.6 is 11.3 Å². The number of aromatic carboxylic acids is 1. The highest BCUT2D eigenvalue weighted by molar-refractivity contribution is 7.17. The zero-order valence-electron chi connectivity index (χ0n) is 12.0. The van der Waals surface area contributed by atoms with E-state index in [-0.39, 0.29) is 4.88 Å². The highest BCUT2D eigenvalue weighted by Crippen LogP contribution is 2.22. The fourth-order valence-corrected chi connectivity index (χ4v) is 2.68. The minimum Gasteiger partial charge on any atom is -0.492 e. The van der Waals surface area contributed by atoms with E-state index >= 15 is 0 Å². The fraction of sp³-hybridized carbons (Fsp3) is 0.333. The molecule has 0 saturated heterocycles. The first-order valence-corrected chi connectivity index (χ1v) is 7.58. The SMILES string of the molecule is CCc1cccc(OCCNc2nc(C)c(C(=O)O)s2)c1. The van der Waals surface area contributed by atoms with Gasteiger partial charge in [-0.05, 0) is 31.0 Å². The number of aromatic nitrogens is 1. The molecule has 0 radical (unpaired) electrons. The molecule has 0 amide bonds. The second-order valence-corrected chi connectivity index (χ2v) is 5.51. The lowest BCUT2D eigenvalue weighted by molar-refractivity contribution is 0.0701. The first kappa shape index (κ1) is 15.3. The second kappa shape index (κ2) is 7.08. The van der Waals surface area contributed by atoms with Crippen molar-refractivity contribution in [3.05, 3.63) is 40.4 Å². The quantitative estimate of drug-likeness (QED) is 0.769. The molecule has 2 N–H and O–H groups in total. The minimum absolute atomic E-state index is 0.272. The van der Waals surface area contributed by atoms with Crippen LogP contribution in [0.25, 0.3) is 0 Å². The van der Waals surface area contributed by atoms with Gasteiger partial charge >= 0.3 is 5.97 Å². The van der Waals surface area contributed by atoms with Gasteiger partial charge in [0.15, 0.2) is 5.13 Å². The smallest absolute Gasteiger partial charge is 0.347 e. The summed E-state index contributed by atoms with van der Waals surface area (Å²) in [5.41, 5.74) is 1.77. The Labute approximate surface area is 127 Å². The summed E-state index contributed by atoms with van der Waals surface area (Å²) in [6.07, 6.45) is 0.978. The number of benzene rings is 1. The Hall–Kier alpha value is -2.08. The molecule has 6 heteroatoms. The number of anilines is 1. The lowest BCUT2D eigenvalue weighted by Gasteiger charge is -2.07. The summed E-state index contributed by atoms with van der Waals surface area (Å²) in [7, 11) is 0. The van der Waals surface area contributed by atoms with E-state index < -0.39 is 5.97 Å². The molecule has 0 aliphatic heterocycles.